The van der Waals surface area contributed by atoms with Crippen molar-refractivity contribution in [1.82, 2.24) is 10.4 Å². The SMILES string of the molecule is C[C@@]1(c2ccc(Cl)cc2NC=O)[C@@H](c2cccc(Cl)c2F)[C@@H]2C(=O)N(c3ccc(C(=O)NO)cc3)CC[C@@H]2N1CC1CC1. The number of piperidine rings is 1. The highest BCUT2D eigenvalue weighted by Gasteiger charge is 2.63. The molecule has 0 unspecified atom stereocenters. The third kappa shape index (κ3) is 5.08. The van der Waals surface area contributed by atoms with Crippen LogP contribution in [0.5, 0.6) is 0 Å². The van der Waals surface area contributed by atoms with Crippen molar-refractivity contribution in [3.63, 3.8) is 0 Å². The molecule has 3 aromatic rings. The van der Waals surface area contributed by atoms with Crippen LogP contribution in [0.4, 0.5) is 15.8 Å². The third-order valence-electron chi connectivity index (χ3n) is 9.33. The number of rotatable bonds is 8. The maximum absolute atomic E-state index is 16.1. The van der Waals surface area contributed by atoms with E-state index in [-0.39, 0.29) is 22.5 Å². The largest absolute Gasteiger partial charge is 0.328 e. The number of fused-ring (bicyclic) bond motifs is 1. The van der Waals surface area contributed by atoms with Crippen LogP contribution in [-0.2, 0) is 15.1 Å². The first-order valence-electron chi connectivity index (χ1n) is 14.3. The molecule has 1 aliphatic carbocycles. The van der Waals surface area contributed by atoms with Gasteiger partial charge in [0.05, 0.1) is 16.5 Å². The molecule has 0 radical (unpaired) electrons. The maximum atomic E-state index is 16.1. The van der Waals surface area contributed by atoms with E-state index in [0.717, 1.165) is 24.9 Å². The standard InChI is InChI=1S/C32H31Cl2FN4O4/c1-32(23-12-9-20(33)15-25(23)36-17-40)28(22-3-2-4-24(34)29(22)35)27-26(39(32)16-18-5-6-18)13-14-38(31(27)42)21-10-7-19(8-11-21)30(41)37-43/h2-4,7-12,15,17-18,26-28,43H,5-6,13-14,16H2,1H3,(H,36,40)(H,37,41)/t26-,27+,28-,32+/m0/s1. The van der Waals surface area contributed by atoms with E-state index in [1.54, 1.807) is 46.8 Å². The lowest BCUT2D eigenvalue weighted by Crippen LogP contribution is -2.52. The fraction of sp³-hybridized carbons (Fsp3) is 0.344. The highest BCUT2D eigenvalue weighted by atomic mass is 35.5. The third-order valence-corrected chi connectivity index (χ3v) is 9.86. The molecular weight excluding hydrogens is 594 g/mol. The first kappa shape index (κ1) is 29.6. The van der Waals surface area contributed by atoms with Crippen LogP contribution in [0.3, 0.4) is 0 Å². The summed E-state index contributed by atoms with van der Waals surface area (Å²) in [7, 11) is 0. The predicted molar refractivity (Wildman–Crippen MR) is 162 cm³/mol. The summed E-state index contributed by atoms with van der Waals surface area (Å²) in [5, 5.41) is 12.2. The van der Waals surface area contributed by atoms with E-state index in [4.69, 9.17) is 28.4 Å². The molecule has 2 heterocycles. The van der Waals surface area contributed by atoms with Crippen molar-refractivity contribution in [3.05, 3.63) is 93.2 Å². The van der Waals surface area contributed by atoms with E-state index < -0.39 is 29.1 Å². The molecule has 0 aromatic heterocycles. The molecule has 224 valence electrons. The highest BCUT2D eigenvalue weighted by molar-refractivity contribution is 6.31. The average Bonchev–Trinajstić information content (AvgIpc) is 3.79. The normalized spacial score (nSPS) is 25.4. The predicted octanol–water partition coefficient (Wildman–Crippen LogP) is 5.97. The fourth-order valence-electron chi connectivity index (χ4n) is 7.22. The molecule has 6 rings (SSSR count). The van der Waals surface area contributed by atoms with Gasteiger partial charge in [0, 0.05) is 47.0 Å². The molecule has 2 aliphatic heterocycles. The summed E-state index contributed by atoms with van der Waals surface area (Å²) in [5.41, 5.74) is 3.10. The van der Waals surface area contributed by atoms with E-state index in [1.807, 2.05) is 13.0 Å². The van der Waals surface area contributed by atoms with Crippen LogP contribution in [-0.4, -0.2) is 47.5 Å². The number of carbonyl (C=O) groups excluding carboxylic acids is 3. The lowest BCUT2D eigenvalue weighted by atomic mass is 9.70. The van der Waals surface area contributed by atoms with Gasteiger partial charge in [0.15, 0.2) is 0 Å². The maximum Gasteiger partial charge on any atom is 0.274 e. The van der Waals surface area contributed by atoms with Crippen molar-refractivity contribution >= 4 is 52.8 Å². The van der Waals surface area contributed by atoms with Gasteiger partial charge in [0.1, 0.15) is 5.82 Å². The molecule has 11 heteroatoms. The Morgan fingerprint density at radius 1 is 1.12 bits per heavy atom. The minimum atomic E-state index is -0.923. The van der Waals surface area contributed by atoms with E-state index >= 15 is 4.39 Å². The average molecular weight is 626 g/mol. The van der Waals surface area contributed by atoms with Gasteiger partial charge in [-0.2, -0.15) is 0 Å². The van der Waals surface area contributed by atoms with Crippen molar-refractivity contribution in [2.45, 2.75) is 43.7 Å². The Kier molecular flexibility index (Phi) is 7.93. The lowest BCUT2D eigenvalue weighted by molar-refractivity contribution is -0.125. The van der Waals surface area contributed by atoms with Crippen molar-refractivity contribution < 1.29 is 24.0 Å². The topological polar surface area (TPSA) is 102 Å². The second-order valence-corrected chi connectivity index (χ2v) is 12.5. The van der Waals surface area contributed by atoms with Gasteiger partial charge in [-0.25, -0.2) is 9.87 Å². The van der Waals surface area contributed by atoms with Gasteiger partial charge in [0.25, 0.3) is 5.91 Å². The molecule has 8 nitrogen and oxygen atoms in total. The molecular formula is C32H31Cl2FN4O4. The smallest absolute Gasteiger partial charge is 0.274 e. The van der Waals surface area contributed by atoms with E-state index in [9.17, 15) is 14.4 Å². The quantitative estimate of drug-likeness (QED) is 0.163. The number of amides is 3. The molecule has 43 heavy (non-hydrogen) atoms. The van der Waals surface area contributed by atoms with Gasteiger partial charge in [0.2, 0.25) is 12.3 Å². The van der Waals surface area contributed by atoms with Gasteiger partial charge in [-0.3, -0.25) is 24.5 Å². The molecule has 3 N–H and O–H groups in total. The molecule has 3 fully saturated rings. The number of nitrogens with one attached hydrogen (secondary N) is 2. The van der Waals surface area contributed by atoms with Crippen molar-refractivity contribution in [2.24, 2.45) is 11.8 Å². The molecule has 3 aromatic carbocycles. The monoisotopic (exact) mass is 624 g/mol. The van der Waals surface area contributed by atoms with Gasteiger partial charge in [-0.1, -0.05) is 41.4 Å². The molecule has 4 atom stereocenters. The van der Waals surface area contributed by atoms with E-state index in [1.165, 1.54) is 18.2 Å². The summed E-state index contributed by atoms with van der Waals surface area (Å²) >= 11 is 12.7. The minimum Gasteiger partial charge on any atom is -0.328 e. The number of carbonyl (C=O) groups is 3. The van der Waals surface area contributed by atoms with Crippen molar-refractivity contribution in [2.75, 3.05) is 23.3 Å². The summed E-state index contributed by atoms with van der Waals surface area (Å²) in [5.74, 6) is -2.25. The molecule has 2 saturated heterocycles. The molecule has 0 bridgehead atoms. The zero-order valence-corrected chi connectivity index (χ0v) is 24.9. The van der Waals surface area contributed by atoms with Gasteiger partial charge in [-0.15, -0.1) is 0 Å². The molecule has 1 saturated carbocycles. The Morgan fingerprint density at radius 2 is 1.86 bits per heavy atom. The van der Waals surface area contributed by atoms with Gasteiger partial charge < -0.3 is 10.2 Å². The Labute approximate surface area is 258 Å². The number of benzene rings is 3. The van der Waals surface area contributed by atoms with Crippen LogP contribution in [0, 0.1) is 17.7 Å². The zero-order chi connectivity index (χ0) is 30.5. The van der Waals surface area contributed by atoms with Crippen LogP contribution < -0.4 is 15.7 Å². The van der Waals surface area contributed by atoms with E-state index in [0.29, 0.717) is 47.3 Å². The number of anilines is 2. The van der Waals surface area contributed by atoms with Gasteiger partial charge in [-0.05, 0) is 85.7 Å². The number of halogens is 3. The Morgan fingerprint density at radius 3 is 2.53 bits per heavy atom. The molecule has 3 amide bonds. The summed E-state index contributed by atoms with van der Waals surface area (Å²) in [6.45, 7) is 3.17. The Hall–Kier alpha value is -3.50. The number of hydroxylamine groups is 1. The number of nitrogens with zero attached hydrogens (tertiary/aromatic N) is 2. The first-order valence-corrected chi connectivity index (χ1v) is 15.0. The minimum absolute atomic E-state index is 0.0303. The van der Waals surface area contributed by atoms with Crippen molar-refractivity contribution in [3.8, 4) is 0 Å². The fourth-order valence-corrected chi connectivity index (χ4v) is 7.57. The summed E-state index contributed by atoms with van der Waals surface area (Å²) in [6.07, 6.45) is 3.37. The summed E-state index contributed by atoms with van der Waals surface area (Å²) in [6, 6.07) is 16.4. The van der Waals surface area contributed by atoms with Crippen LogP contribution in [0.15, 0.2) is 60.7 Å². The number of likely N-dealkylation sites (tertiary alicyclic amines) is 1. The van der Waals surface area contributed by atoms with Crippen LogP contribution in [0.25, 0.3) is 0 Å². The molecule has 0 spiro atoms. The number of hydrogen-bond donors (Lipinski definition) is 3. The highest BCUT2D eigenvalue weighted by Crippen LogP contribution is 2.60. The van der Waals surface area contributed by atoms with Crippen molar-refractivity contribution in [1.29, 1.82) is 0 Å². The van der Waals surface area contributed by atoms with Gasteiger partial charge >= 0.3 is 0 Å². The summed E-state index contributed by atoms with van der Waals surface area (Å²) in [4.78, 5) is 42.3. The first-order chi connectivity index (χ1) is 20.7. The van der Waals surface area contributed by atoms with Crippen LogP contribution >= 0.6 is 23.2 Å². The number of hydrogen-bond acceptors (Lipinski definition) is 5. The molecule has 3 aliphatic rings. The van der Waals surface area contributed by atoms with E-state index in [2.05, 4.69) is 10.2 Å². The lowest BCUT2D eigenvalue weighted by Gasteiger charge is -2.43. The van der Waals surface area contributed by atoms with Crippen LogP contribution in [0.2, 0.25) is 10.0 Å². The zero-order valence-electron chi connectivity index (χ0n) is 23.4. The Bertz CT molecular complexity index is 1580. The summed E-state index contributed by atoms with van der Waals surface area (Å²) < 4.78 is 16.1. The van der Waals surface area contributed by atoms with Crippen LogP contribution in [0.1, 0.15) is 53.6 Å². The second kappa shape index (κ2) is 11.5. The second-order valence-electron chi connectivity index (χ2n) is 11.7. The Balaban J connectivity index is 1.53.